The molecule has 0 fully saturated rings. The number of aryl methyl sites for hydroxylation is 1. The number of carbonyl (C=O) groups excluding carboxylic acids is 1. The van der Waals surface area contributed by atoms with Crippen LogP contribution in [-0.2, 0) is 4.79 Å². The van der Waals surface area contributed by atoms with Gasteiger partial charge in [0.05, 0.1) is 5.69 Å². The van der Waals surface area contributed by atoms with Crippen LogP contribution in [0.2, 0.25) is 0 Å². The van der Waals surface area contributed by atoms with Crippen LogP contribution in [0.4, 0.5) is 16.5 Å². The zero-order valence-corrected chi connectivity index (χ0v) is 12.1. The topological polar surface area (TPSA) is 104 Å². The van der Waals surface area contributed by atoms with Gasteiger partial charge in [-0.25, -0.2) is 4.98 Å². The molecule has 2 aromatic rings. The number of rotatable bonds is 4. The fourth-order valence-electron chi connectivity index (χ4n) is 1.47. The van der Waals surface area contributed by atoms with E-state index in [4.69, 9.17) is 11.0 Å². The minimum atomic E-state index is -0.497. The summed E-state index contributed by atoms with van der Waals surface area (Å²) in [5.41, 5.74) is 7.57. The smallest absolute Gasteiger partial charge is 0.267 e. The molecule has 0 aliphatic rings. The highest BCUT2D eigenvalue weighted by molar-refractivity contribution is 7.13. The molecule has 0 saturated carbocycles. The molecule has 0 radical (unpaired) electrons. The van der Waals surface area contributed by atoms with Gasteiger partial charge in [-0.2, -0.15) is 5.26 Å². The lowest BCUT2D eigenvalue weighted by Gasteiger charge is -2.04. The quantitative estimate of drug-likeness (QED) is 0.457. The third-order valence-corrected chi connectivity index (χ3v) is 3.38. The third-order valence-electron chi connectivity index (χ3n) is 2.49. The average molecular weight is 299 g/mol. The van der Waals surface area contributed by atoms with Gasteiger partial charge in [-0.1, -0.05) is 0 Å². The van der Waals surface area contributed by atoms with Gasteiger partial charge < -0.3 is 16.4 Å². The lowest BCUT2D eigenvalue weighted by molar-refractivity contribution is -0.112. The number of aromatic nitrogens is 1. The van der Waals surface area contributed by atoms with E-state index in [1.54, 1.807) is 24.3 Å². The zero-order chi connectivity index (χ0) is 15.2. The standard InChI is InChI=1S/C14H13N5OS/c1-9-8-21-14(18-9)17-7-10(6-15)13(20)19-12-4-2-11(16)3-5-12/h2-5,7-8H,16H2,1H3,(H,17,18)(H,19,20)/b10-7-. The first-order valence-corrected chi connectivity index (χ1v) is 6.92. The number of anilines is 3. The molecule has 1 heterocycles. The molecule has 7 heteroatoms. The van der Waals surface area contributed by atoms with E-state index >= 15 is 0 Å². The first-order valence-electron chi connectivity index (χ1n) is 6.04. The van der Waals surface area contributed by atoms with Crippen LogP contribution in [-0.4, -0.2) is 10.9 Å². The molecule has 0 aliphatic carbocycles. The minimum Gasteiger partial charge on any atom is -0.399 e. The van der Waals surface area contributed by atoms with Crippen LogP contribution in [0.15, 0.2) is 41.4 Å². The SMILES string of the molecule is Cc1csc(N/C=C(/C#N)C(=O)Nc2ccc(N)cc2)n1. The molecule has 6 nitrogen and oxygen atoms in total. The Bertz CT molecular complexity index is 712. The van der Waals surface area contributed by atoms with Crippen molar-refractivity contribution >= 4 is 33.8 Å². The second-order valence-electron chi connectivity index (χ2n) is 4.18. The van der Waals surface area contributed by atoms with Crippen molar-refractivity contribution in [2.75, 3.05) is 16.4 Å². The van der Waals surface area contributed by atoms with E-state index < -0.39 is 5.91 Å². The van der Waals surface area contributed by atoms with E-state index in [1.807, 2.05) is 18.4 Å². The summed E-state index contributed by atoms with van der Waals surface area (Å²) in [5.74, 6) is -0.497. The van der Waals surface area contributed by atoms with Crippen molar-refractivity contribution in [2.24, 2.45) is 0 Å². The second-order valence-corrected chi connectivity index (χ2v) is 5.04. The van der Waals surface area contributed by atoms with Gasteiger partial charge in [-0.05, 0) is 31.2 Å². The molecule has 0 atom stereocenters. The summed E-state index contributed by atoms with van der Waals surface area (Å²) in [7, 11) is 0. The molecule has 1 aromatic carbocycles. The monoisotopic (exact) mass is 299 g/mol. The molecule has 0 bridgehead atoms. The van der Waals surface area contributed by atoms with Crippen LogP contribution in [0.3, 0.4) is 0 Å². The van der Waals surface area contributed by atoms with Crippen LogP contribution in [0.1, 0.15) is 5.69 Å². The Labute approximate surface area is 125 Å². The lowest BCUT2D eigenvalue weighted by atomic mass is 10.2. The van der Waals surface area contributed by atoms with E-state index in [0.717, 1.165) is 5.69 Å². The highest BCUT2D eigenvalue weighted by Gasteiger charge is 2.09. The van der Waals surface area contributed by atoms with Crippen LogP contribution in [0.25, 0.3) is 0 Å². The van der Waals surface area contributed by atoms with E-state index in [0.29, 0.717) is 16.5 Å². The Balaban J connectivity index is 2.04. The van der Waals surface area contributed by atoms with Crippen LogP contribution in [0, 0.1) is 18.3 Å². The summed E-state index contributed by atoms with van der Waals surface area (Å²) in [5, 5.41) is 17.0. The molecule has 0 saturated heterocycles. The summed E-state index contributed by atoms with van der Waals surface area (Å²) in [6.07, 6.45) is 1.34. The van der Waals surface area contributed by atoms with Gasteiger partial charge in [0, 0.05) is 23.0 Å². The second kappa shape index (κ2) is 6.54. The average Bonchev–Trinajstić information content (AvgIpc) is 2.88. The normalized spacial score (nSPS) is 10.8. The van der Waals surface area contributed by atoms with Crippen LogP contribution >= 0.6 is 11.3 Å². The number of carbonyl (C=O) groups is 1. The number of nitrogens with zero attached hydrogens (tertiary/aromatic N) is 2. The number of hydrogen-bond donors (Lipinski definition) is 3. The van der Waals surface area contributed by atoms with Crippen LogP contribution < -0.4 is 16.4 Å². The summed E-state index contributed by atoms with van der Waals surface area (Å²) >= 11 is 1.40. The molecule has 2 rings (SSSR count). The van der Waals surface area contributed by atoms with E-state index in [-0.39, 0.29) is 5.57 Å². The van der Waals surface area contributed by atoms with Crippen molar-refractivity contribution in [1.29, 1.82) is 5.26 Å². The molecule has 0 unspecified atom stereocenters. The number of nitriles is 1. The number of thiazole rings is 1. The zero-order valence-electron chi connectivity index (χ0n) is 11.3. The highest BCUT2D eigenvalue weighted by atomic mass is 32.1. The highest BCUT2D eigenvalue weighted by Crippen LogP contribution is 2.15. The number of nitrogen functional groups attached to an aromatic ring is 1. The number of nitrogens with one attached hydrogen (secondary N) is 2. The third kappa shape index (κ3) is 4.06. The van der Waals surface area contributed by atoms with E-state index in [2.05, 4.69) is 15.6 Å². The molecular weight excluding hydrogens is 286 g/mol. The van der Waals surface area contributed by atoms with Gasteiger partial charge in [-0.15, -0.1) is 11.3 Å². The largest absolute Gasteiger partial charge is 0.399 e. The maximum Gasteiger partial charge on any atom is 0.267 e. The summed E-state index contributed by atoms with van der Waals surface area (Å²) in [6.45, 7) is 1.87. The van der Waals surface area contributed by atoms with Crippen molar-refractivity contribution in [3.8, 4) is 6.07 Å². The number of amides is 1. The van der Waals surface area contributed by atoms with Crippen molar-refractivity contribution < 1.29 is 4.79 Å². The summed E-state index contributed by atoms with van der Waals surface area (Å²) < 4.78 is 0. The predicted molar refractivity (Wildman–Crippen MR) is 83.7 cm³/mol. The van der Waals surface area contributed by atoms with Gasteiger partial charge in [0.25, 0.3) is 5.91 Å². The predicted octanol–water partition coefficient (Wildman–Crippen LogP) is 2.49. The Hall–Kier alpha value is -2.85. The van der Waals surface area contributed by atoms with Gasteiger partial charge in [-0.3, -0.25) is 4.79 Å². The van der Waals surface area contributed by atoms with Gasteiger partial charge in [0.2, 0.25) is 0 Å². The van der Waals surface area contributed by atoms with Gasteiger partial charge in [0.1, 0.15) is 11.6 Å². The first-order chi connectivity index (χ1) is 10.1. The Kier molecular flexibility index (Phi) is 4.53. The maximum atomic E-state index is 12.0. The lowest BCUT2D eigenvalue weighted by Crippen LogP contribution is -2.14. The Morgan fingerprint density at radius 1 is 1.43 bits per heavy atom. The van der Waals surface area contributed by atoms with Crippen molar-refractivity contribution in [3.05, 3.63) is 47.1 Å². The van der Waals surface area contributed by atoms with Gasteiger partial charge in [0.15, 0.2) is 5.13 Å². The maximum absolute atomic E-state index is 12.0. The van der Waals surface area contributed by atoms with E-state index in [9.17, 15) is 4.79 Å². The van der Waals surface area contributed by atoms with Crippen molar-refractivity contribution in [2.45, 2.75) is 6.92 Å². The molecule has 4 N–H and O–H groups in total. The number of benzene rings is 1. The van der Waals surface area contributed by atoms with E-state index in [1.165, 1.54) is 17.5 Å². The molecule has 0 spiro atoms. The number of hydrogen-bond acceptors (Lipinski definition) is 6. The molecule has 1 aromatic heterocycles. The van der Waals surface area contributed by atoms with Gasteiger partial charge >= 0.3 is 0 Å². The summed E-state index contributed by atoms with van der Waals surface area (Å²) in [6, 6.07) is 8.52. The Morgan fingerprint density at radius 3 is 2.71 bits per heavy atom. The first kappa shape index (κ1) is 14.6. The van der Waals surface area contributed by atoms with Crippen molar-refractivity contribution in [3.63, 3.8) is 0 Å². The number of nitrogens with two attached hydrogens (primary N) is 1. The fourth-order valence-corrected chi connectivity index (χ4v) is 2.13. The summed E-state index contributed by atoms with van der Waals surface area (Å²) in [4.78, 5) is 16.1. The molecular formula is C14H13N5OS. The molecule has 21 heavy (non-hydrogen) atoms. The molecule has 1 amide bonds. The molecule has 0 aliphatic heterocycles. The molecule has 106 valence electrons. The Morgan fingerprint density at radius 2 is 2.14 bits per heavy atom. The minimum absolute atomic E-state index is 0.0420. The van der Waals surface area contributed by atoms with Crippen LogP contribution in [0.5, 0.6) is 0 Å². The van der Waals surface area contributed by atoms with Crippen molar-refractivity contribution in [1.82, 2.24) is 4.98 Å². The fraction of sp³-hybridized carbons (Fsp3) is 0.0714.